The molecule has 1 rings (SSSR count). The summed E-state index contributed by atoms with van der Waals surface area (Å²) in [5, 5.41) is 0. The van der Waals surface area contributed by atoms with Crippen molar-refractivity contribution < 1.29 is 4.79 Å². The number of ketones is 1. The second-order valence-electron chi connectivity index (χ2n) is 6.80. The van der Waals surface area contributed by atoms with Gasteiger partial charge in [-0.15, -0.1) is 0 Å². The van der Waals surface area contributed by atoms with E-state index in [1.807, 2.05) is 6.92 Å². The molecule has 0 saturated heterocycles. The van der Waals surface area contributed by atoms with Crippen LogP contribution in [0.4, 0.5) is 0 Å². The summed E-state index contributed by atoms with van der Waals surface area (Å²) in [6.07, 6.45) is 2.58. The number of hydrogen-bond donors (Lipinski definition) is 0. The third-order valence-corrected chi connectivity index (χ3v) is 3.24. The quantitative estimate of drug-likeness (QED) is 0.789. The van der Waals surface area contributed by atoms with Crippen molar-refractivity contribution >= 4 is 5.78 Å². The topological polar surface area (TPSA) is 61.1 Å². The fourth-order valence-electron chi connectivity index (χ4n) is 2.54. The molecule has 0 fully saturated rings. The molecule has 0 aromatic carbocycles. The van der Waals surface area contributed by atoms with Gasteiger partial charge in [-0.05, 0) is 17.8 Å². The molecule has 20 heavy (non-hydrogen) atoms. The monoisotopic (exact) mass is 280 g/mol. The molecule has 5 nitrogen and oxygen atoms in total. The summed E-state index contributed by atoms with van der Waals surface area (Å²) in [5.74, 6) is 0.00221. The molecule has 0 aliphatic carbocycles. The number of aromatic nitrogens is 2. The summed E-state index contributed by atoms with van der Waals surface area (Å²) >= 11 is 0. The van der Waals surface area contributed by atoms with E-state index < -0.39 is 11.2 Å². The lowest BCUT2D eigenvalue weighted by molar-refractivity contribution is 0.0951. The van der Waals surface area contributed by atoms with E-state index in [2.05, 4.69) is 20.8 Å². The molecule has 0 bridgehead atoms. The Kier molecular flexibility index (Phi) is 4.73. The maximum Gasteiger partial charge on any atom is 0.330 e. The minimum absolute atomic E-state index is 0.0929. The zero-order chi connectivity index (χ0) is 15.7. The largest absolute Gasteiger partial charge is 0.330 e. The van der Waals surface area contributed by atoms with Gasteiger partial charge in [-0.3, -0.25) is 14.2 Å². The molecule has 1 atom stereocenters. The van der Waals surface area contributed by atoms with E-state index >= 15 is 0 Å². The predicted octanol–water partition coefficient (Wildman–Crippen LogP) is 1.73. The molecule has 1 aromatic heterocycles. The second-order valence-corrected chi connectivity index (χ2v) is 6.80. The molecular weight excluding hydrogens is 256 g/mol. The van der Waals surface area contributed by atoms with Gasteiger partial charge in [0.2, 0.25) is 0 Å². The second kappa shape index (κ2) is 5.77. The van der Waals surface area contributed by atoms with E-state index in [1.165, 1.54) is 24.9 Å². The standard InChI is InChI=1S/C15H24N2O3/c1-10(8-15(2,3)4)7-12(18)11-9-16(5)14(20)17(6)13(11)19/h9-10H,7-8H2,1-6H3. The zero-order valence-corrected chi connectivity index (χ0v) is 13.2. The van der Waals surface area contributed by atoms with Crippen LogP contribution in [0, 0.1) is 11.3 Å². The minimum Gasteiger partial charge on any atom is -0.303 e. The van der Waals surface area contributed by atoms with Gasteiger partial charge in [0.1, 0.15) is 0 Å². The van der Waals surface area contributed by atoms with Crippen LogP contribution in [0.3, 0.4) is 0 Å². The third-order valence-electron chi connectivity index (χ3n) is 3.24. The van der Waals surface area contributed by atoms with Crippen LogP contribution in [0.25, 0.3) is 0 Å². The van der Waals surface area contributed by atoms with Crippen molar-refractivity contribution in [2.45, 2.75) is 40.5 Å². The Hall–Kier alpha value is -1.65. The van der Waals surface area contributed by atoms with Gasteiger partial charge >= 0.3 is 5.69 Å². The molecule has 0 saturated carbocycles. The van der Waals surface area contributed by atoms with Crippen molar-refractivity contribution in [2.24, 2.45) is 25.4 Å². The van der Waals surface area contributed by atoms with Gasteiger partial charge in [0.05, 0.1) is 5.56 Å². The number of rotatable bonds is 4. The number of carbonyl (C=O) groups excluding carboxylic acids is 1. The molecule has 0 N–H and O–H groups in total. The number of nitrogens with zero attached hydrogens (tertiary/aromatic N) is 2. The first-order valence-corrected chi connectivity index (χ1v) is 6.83. The number of Topliss-reactive ketones (excluding diaryl/α,β-unsaturated/α-hetero) is 1. The molecule has 1 unspecified atom stereocenters. The van der Waals surface area contributed by atoms with E-state index in [0.29, 0.717) is 6.42 Å². The van der Waals surface area contributed by atoms with E-state index in [0.717, 1.165) is 11.0 Å². The first kappa shape index (κ1) is 16.4. The molecule has 1 aromatic rings. The van der Waals surface area contributed by atoms with E-state index in [1.54, 1.807) is 0 Å². The molecule has 5 heteroatoms. The van der Waals surface area contributed by atoms with Gasteiger partial charge < -0.3 is 4.57 Å². The maximum atomic E-state index is 12.2. The molecule has 0 spiro atoms. The lowest BCUT2D eigenvalue weighted by Crippen LogP contribution is -2.39. The Balaban J connectivity index is 3.00. The van der Waals surface area contributed by atoms with Crippen LogP contribution in [0.1, 0.15) is 50.9 Å². The van der Waals surface area contributed by atoms with Crippen molar-refractivity contribution in [1.29, 1.82) is 0 Å². The van der Waals surface area contributed by atoms with E-state index in [-0.39, 0.29) is 22.7 Å². The predicted molar refractivity (Wildman–Crippen MR) is 79.1 cm³/mol. The van der Waals surface area contributed by atoms with Crippen LogP contribution < -0.4 is 11.2 Å². The van der Waals surface area contributed by atoms with Crippen LogP contribution >= 0.6 is 0 Å². The number of hydrogen-bond acceptors (Lipinski definition) is 3. The molecule has 0 radical (unpaired) electrons. The molecular formula is C15H24N2O3. The molecule has 0 aliphatic rings. The number of aryl methyl sites for hydroxylation is 1. The summed E-state index contributed by atoms with van der Waals surface area (Å²) in [6.45, 7) is 8.38. The highest BCUT2D eigenvalue weighted by Crippen LogP contribution is 2.26. The number of carbonyl (C=O) groups is 1. The summed E-state index contributed by atoms with van der Waals surface area (Å²) < 4.78 is 2.24. The van der Waals surface area contributed by atoms with E-state index in [9.17, 15) is 14.4 Å². The lowest BCUT2D eigenvalue weighted by atomic mass is 9.83. The van der Waals surface area contributed by atoms with Gasteiger partial charge in [-0.2, -0.15) is 0 Å². The average Bonchev–Trinajstić information content (AvgIpc) is 2.28. The van der Waals surface area contributed by atoms with Gasteiger partial charge in [-0.1, -0.05) is 27.7 Å². The molecule has 0 amide bonds. The normalized spacial score (nSPS) is 13.3. The highest BCUT2D eigenvalue weighted by Gasteiger charge is 2.21. The highest BCUT2D eigenvalue weighted by molar-refractivity contribution is 5.95. The summed E-state index contributed by atoms with van der Waals surface area (Å²) in [5.41, 5.74) is -0.695. The smallest absolute Gasteiger partial charge is 0.303 e. The van der Waals surface area contributed by atoms with Crippen LogP contribution in [0.15, 0.2) is 15.8 Å². The SMILES string of the molecule is CC(CC(=O)c1cn(C)c(=O)n(C)c1=O)CC(C)(C)C. The van der Waals surface area contributed by atoms with Crippen LogP contribution in [-0.4, -0.2) is 14.9 Å². The first-order valence-electron chi connectivity index (χ1n) is 6.83. The maximum absolute atomic E-state index is 12.2. The van der Waals surface area contributed by atoms with Crippen molar-refractivity contribution in [1.82, 2.24) is 9.13 Å². The Bertz CT molecular complexity index is 617. The van der Waals surface area contributed by atoms with Gasteiger partial charge in [-0.25, -0.2) is 4.79 Å². The highest BCUT2D eigenvalue weighted by atomic mass is 16.2. The van der Waals surface area contributed by atoms with Gasteiger partial charge in [0, 0.05) is 26.7 Å². The summed E-state index contributed by atoms with van der Waals surface area (Å²) in [6, 6.07) is 0. The van der Waals surface area contributed by atoms with Crippen molar-refractivity contribution in [3.8, 4) is 0 Å². The van der Waals surface area contributed by atoms with E-state index in [4.69, 9.17) is 0 Å². The Morgan fingerprint density at radius 1 is 1.25 bits per heavy atom. The van der Waals surface area contributed by atoms with Crippen LogP contribution in [-0.2, 0) is 14.1 Å². The van der Waals surface area contributed by atoms with Crippen molar-refractivity contribution in [3.63, 3.8) is 0 Å². The Morgan fingerprint density at radius 2 is 1.80 bits per heavy atom. The van der Waals surface area contributed by atoms with Crippen molar-refractivity contribution in [2.75, 3.05) is 0 Å². The third kappa shape index (κ3) is 3.92. The fraction of sp³-hybridized carbons (Fsp3) is 0.667. The van der Waals surface area contributed by atoms with Gasteiger partial charge in [0.15, 0.2) is 5.78 Å². The molecule has 0 aliphatic heterocycles. The first-order chi connectivity index (χ1) is 9.03. The minimum atomic E-state index is -0.513. The molecule has 112 valence electrons. The van der Waals surface area contributed by atoms with Crippen LogP contribution in [0.5, 0.6) is 0 Å². The van der Waals surface area contributed by atoms with Crippen LogP contribution in [0.2, 0.25) is 0 Å². The average molecular weight is 280 g/mol. The Morgan fingerprint density at radius 3 is 2.30 bits per heavy atom. The zero-order valence-electron chi connectivity index (χ0n) is 13.2. The summed E-state index contributed by atoms with van der Waals surface area (Å²) in [7, 11) is 2.93. The lowest BCUT2D eigenvalue weighted by Gasteiger charge is -2.22. The van der Waals surface area contributed by atoms with Crippen molar-refractivity contribution in [3.05, 3.63) is 32.6 Å². The molecule has 1 heterocycles. The summed E-state index contributed by atoms with van der Waals surface area (Å²) in [4.78, 5) is 35.8. The Labute approximate surface area is 119 Å². The van der Waals surface area contributed by atoms with Gasteiger partial charge in [0.25, 0.3) is 5.56 Å². The fourth-order valence-corrected chi connectivity index (χ4v) is 2.54.